The number of nitrogens with zero attached hydrogens (tertiary/aromatic N) is 2. The SMILES string of the molecule is O=C(Nc1nc(-c2ccccc2Cl)cs1)c1cc(C2CC2)on1. The number of nitrogens with one attached hydrogen (secondary N) is 1. The Bertz CT molecular complexity index is 870. The van der Waals surface area contributed by atoms with Gasteiger partial charge in [-0.05, 0) is 18.9 Å². The van der Waals surface area contributed by atoms with Crippen molar-refractivity contribution in [2.75, 3.05) is 5.32 Å². The zero-order valence-electron chi connectivity index (χ0n) is 12.0. The summed E-state index contributed by atoms with van der Waals surface area (Å²) in [6, 6.07) is 9.16. The summed E-state index contributed by atoms with van der Waals surface area (Å²) in [5.41, 5.74) is 1.85. The van der Waals surface area contributed by atoms with E-state index in [0.717, 1.165) is 29.9 Å². The predicted octanol–water partition coefficient (Wildman–Crippen LogP) is 4.58. The molecule has 0 unspecified atom stereocenters. The number of carbonyl (C=O) groups excluding carboxylic acids is 1. The predicted molar refractivity (Wildman–Crippen MR) is 89.0 cm³/mol. The Balaban J connectivity index is 1.50. The van der Waals surface area contributed by atoms with Crippen LogP contribution in [0.15, 0.2) is 40.2 Å². The Morgan fingerprint density at radius 2 is 2.17 bits per heavy atom. The molecule has 2 heterocycles. The van der Waals surface area contributed by atoms with Gasteiger partial charge in [0.25, 0.3) is 5.91 Å². The third-order valence-electron chi connectivity index (χ3n) is 3.62. The summed E-state index contributed by atoms with van der Waals surface area (Å²) in [5, 5.41) is 9.55. The number of hydrogen-bond donors (Lipinski definition) is 1. The van der Waals surface area contributed by atoms with Gasteiger partial charge in [0.15, 0.2) is 10.8 Å². The van der Waals surface area contributed by atoms with Crippen molar-refractivity contribution in [2.45, 2.75) is 18.8 Å². The van der Waals surface area contributed by atoms with Gasteiger partial charge in [-0.15, -0.1) is 11.3 Å². The number of amides is 1. The lowest BCUT2D eigenvalue weighted by molar-refractivity contribution is 0.101. The fraction of sp³-hybridized carbons (Fsp3) is 0.188. The first-order valence-corrected chi connectivity index (χ1v) is 8.45. The van der Waals surface area contributed by atoms with Gasteiger partial charge in [-0.3, -0.25) is 10.1 Å². The zero-order chi connectivity index (χ0) is 15.8. The van der Waals surface area contributed by atoms with Crippen molar-refractivity contribution in [2.24, 2.45) is 0 Å². The molecule has 2 aromatic heterocycles. The van der Waals surface area contributed by atoms with Gasteiger partial charge < -0.3 is 4.52 Å². The summed E-state index contributed by atoms with van der Waals surface area (Å²) in [4.78, 5) is 16.6. The fourth-order valence-corrected chi connectivity index (χ4v) is 3.18. The first kappa shape index (κ1) is 14.4. The van der Waals surface area contributed by atoms with Crippen LogP contribution in [0.4, 0.5) is 5.13 Å². The maximum Gasteiger partial charge on any atom is 0.279 e. The van der Waals surface area contributed by atoms with Crippen LogP contribution in [0.2, 0.25) is 5.02 Å². The highest BCUT2D eigenvalue weighted by atomic mass is 35.5. The Labute approximate surface area is 141 Å². The zero-order valence-corrected chi connectivity index (χ0v) is 13.5. The van der Waals surface area contributed by atoms with Gasteiger partial charge >= 0.3 is 0 Å². The van der Waals surface area contributed by atoms with Crippen LogP contribution >= 0.6 is 22.9 Å². The second-order valence-corrected chi connectivity index (χ2v) is 6.63. The summed E-state index contributed by atoms with van der Waals surface area (Å²) in [5.74, 6) is 0.891. The molecule has 7 heteroatoms. The van der Waals surface area contributed by atoms with Crippen LogP contribution < -0.4 is 5.32 Å². The second kappa shape index (κ2) is 5.79. The number of carbonyl (C=O) groups is 1. The van der Waals surface area contributed by atoms with Crippen molar-refractivity contribution in [1.29, 1.82) is 0 Å². The lowest BCUT2D eigenvalue weighted by atomic mass is 10.2. The molecule has 1 aliphatic rings. The minimum absolute atomic E-state index is 0.279. The normalized spacial score (nSPS) is 14.0. The summed E-state index contributed by atoms with van der Waals surface area (Å²) in [6.45, 7) is 0. The van der Waals surface area contributed by atoms with E-state index >= 15 is 0 Å². The van der Waals surface area contributed by atoms with Gasteiger partial charge in [0, 0.05) is 28.0 Å². The van der Waals surface area contributed by atoms with Gasteiger partial charge in [0.1, 0.15) is 5.76 Å². The summed E-state index contributed by atoms with van der Waals surface area (Å²) in [7, 11) is 0. The van der Waals surface area contributed by atoms with Crippen LogP contribution in [-0.4, -0.2) is 16.0 Å². The van der Waals surface area contributed by atoms with Crippen LogP contribution in [0.25, 0.3) is 11.3 Å². The molecular weight excluding hydrogens is 334 g/mol. The molecule has 1 amide bonds. The molecule has 3 aromatic rings. The molecule has 116 valence electrons. The van der Waals surface area contributed by atoms with Crippen molar-refractivity contribution in [3.05, 3.63) is 52.2 Å². The highest BCUT2D eigenvalue weighted by Crippen LogP contribution is 2.40. The molecule has 0 saturated heterocycles. The summed E-state index contributed by atoms with van der Waals surface area (Å²) >= 11 is 7.50. The molecule has 23 heavy (non-hydrogen) atoms. The lowest BCUT2D eigenvalue weighted by Gasteiger charge is -1.99. The maximum atomic E-state index is 12.2. The lowest BCUT2D eigenvalue weighted by Crippen LogP contribution is -2.11. The number of benzene rings is 1. The van der Waals surface area contributed by atoms with E-state index in [1.807, 2.05) is 29.6 Å². The molecule has 1 aromatic carbocycles. The van der Waals surface area contributed by atoms with Gasteiger partial charge in [-0.2, -0.15) is 0 Å². The van der Waals surface area contributed by atoms with Crippen molar-refractivity contribution < 1.29 is 9.32 Å². The molecule has 1 aliphatic carbocycles. The molecule has 0 spiro atoms. The molecule has 0 aliphatic heterocycles. The highest BCUT2D eigenvalue weighted by Gasteiger charge is 2.29. The number of hydrogen-bond acceptors (Lipinski definition) is 5. The van der Waals surface area contributed by atoms with Crippen molar-refractivity contribution in [3.63, 3.8) is 0 Å². The molecule has 0 radical (unpaired) electrons. The number of thiazole rings is 1. The van der Waals surface area contributed by atoms with E-state index in [9.17, 15) is 4.79 Å². The molecule has 4 rings (SSSR count). The standard InChI is InChI=1S/C16H12ClN3O2S/c17-11-4-2-1-3-10(11)13-8-23-16(18-13)19-15(21)12-7-14(22-20-12)9-5-6-9/h1-4,7-9H,5-6H2,(H,18,19,21). The van der Waals surface area contributed by atoms with E-state index in [-0.39, 0.29) is 11.6 Å². The molecule has 0 bridgehead atoms. The van der Waals surface area contributed by atoms with E-state index in [1.165, 1.54) is 11.3 Å². The Morgan fingerprint density at radius 1 is 1.35 bits per heavy atom. The largest absolute Gasteiger partial charge is 0.360 e. The van der Waals surface area contributed by atoms with Crippen LogP contribution in [0.5, 0.6) is 0 Å². The average molecular weight is 346 g/mol. The molecule has 5 nitrogen and oxygen atoms in total. The van der Waals surface area contributed by atoms with E-state index < -0.39 is 0 Å². The second-order valence-electron chi connectivity index (χ2n) is 5.36. The van der Waals surface area contributed by atoms with Gasteiger partial charge in [0.2, 0.25) is 0 Å². The third kappa shape index (κ3) is 3.00. The van der Waals surface area contributed by atoms with Crippen molar-refractivity contribution in [3.8, 4) is 11.3 Å². The summed E-state index contributed by atoms with van der Waals surface area (Å²) < 4.78 is 5.19. The first-order valence-electron chi connectivity index (χ1n) is 7.19. The average Bonchev–Trinajstić information content (AvgIpc) is 3.10. The minimum Gasteiger partial charge on any atom is -0.360 e. The van der Waals surface area contributed by atoms with Crippen LogP contribution in [0.3, 0.4) is 0 Å². The quantitative estimate of drug-likeness (QED) is 0.751. The smallest absolute Gasteiger partial charge is 0.279 e. The van der Waals surface area contributed by atoms with Crippen molar-refractivity contribution in [1.82, 2.24) is 10.1 Å². The Kier molecular flexibility index (Phi) is 3.63. The van der Waals surface area contributed by atoms with E-state index in [0.29, 0.717) is 16.1 Å². The molecular formula is C16H12ClN3O2S. The molecule has 1 saturated carbocycles. The Morgan fingerprint density at radius 3 is 2.96 bits per heavy atom. The molecule has 0 atom stereocenters. The van der Waals surface area contributed by atoms with Crippen LogP contribution in [0.1, 0.15) is 35.0 Å². The van der Waals surface area contributed by atoms with Gasteiger partial charge in [0.05, 0.1) is 5.69 Å². The van der Waals surface area contributed by atoms with Crippen LogP contribution in [-0.2, 0) is 0 Å². The summed E-state index contributed by atoms with van der Waals surface area (Å²) in [6.07, 6.45) is 2.20. The molecule has 1 N–H and O–H groups in total. The number of halogens is 1. The van der Waals surface area contributed by atoms with E-state index in [2.05, 4.69) is 15.5 Å². The fourth-order valence-electron chi connectivity index (χ4n) is 2.24. The minimum atomic E-state index is -0.319. The Hall–Kier alpha value is -2.18. The highest BCUT2D eigenvalue weighted by molar-refractivity contribution is 7.14. The van der Waals surface area contributed by atoms with E-state index in [1.54, 1.807) is 6.07 Å². The monoisotopic (exact) mass is 345 g/mol. The topological polar surface area (TPSA) is 68.0 Å². The number of rotatable bonds is 4. The van der Waals surface area contributed by atoms with E-state index in [4.69, 9.17) is 16.1 Å². The van der Waals surface area contributed by atoms with Gasteiger partial charge in [-0.1, -0.05) is 35.0 Å². The number of anilines is 1. The van der Waals surface area contributed by atoms with Crippen LogP contribution in [0, 0.1) is 0 Å². The van der Waals surface area contributed by atoms with Gasteiger partial charge in [-0.25, -0.2) is 4.98 Å². The van der Waals surface area contributed by atoms with Crippen molar-refractivity contribution >= 4 is 34.0 Å². The molecule has 1 fully saturated rings. The number of aromatic nitrogens is 2. The third-order valence-corrected chi connectivity index (χ3v) is 4.70. The first-order chi connectivity index (χ1) is 11.2. The maximum absolute atomic E-state index is 12.2.